The highest BCUT2D eigenvalue weighted by Crippen LogP contribution is 2.14. The van der Waals surface area contributed by atoms with Gasteiger partial charge in [-0.3, -0.25) is 4.79 Å². The molecule has 0 spiro atoms. The maximum atomic E-state index is 13.5. The lowest BCUT2D eigenvalue weighted by atomic mass is 10.2. The van der Waals surface area contributed by atoms with Crippen LogP contribution in [0.25, 0.3) is 0 Å². The average molecular weight is 246 g/mol. The van der Waals surface area contributed by atoms with E-state index in [4.69, 9.17) is 0 Å². The van der Waals surface area contributed by atoms with Crippen LogP contribution in [0.3, 0.4) is 0 Å². The lowest BCUT2D eigenvalue weighted by molar-refractivity contribution is 0.625. The molecule has 0 fully saturated rings. The van der Waals surface area contributed by atoms with E-state index < -0.39 is 0 Å². The summed E-state index contributed by atoms with van der Waals surface area (Å²) in [5.41, 5.74) is 1.30. The first-order chi connectivity index (χ1) is 8.66. The van der Waals surface area contributed by atoms with Gasteiger partial charge >= 0.3 is 0 Å². The number of aromatic nitrogens is 1. The topological polar surface area (TPSA) is 34.0 Å². The van der Waals surface area contributed by atoms with Crippen molar-refractivity contribution in [1.82, 2.24) is 4.57 Å². The largest absolute Gasteiger partial charge is 0.381 e. The van der Waals surface area contributed by atoms with Gasteiger partial charge in [-0.25, -0.2) is 4.39 Å². The molecule has 0 aliphatic rings. The van der Waals surface area contributed by atoms with Crippen LogP contribution in [0.2, 0.25) is 0 Å². The molecule has 0 radical (unpaired) electrons. The van der Waals surface area contributed by atoms with E-state index in [0.29, 0.717) is 18.8 Å². The second-order valence-electron chi connectivity index (χ2n) is 4.14. The smallest absolute Gasteiger partial charge is 0.250 e. The zero-order valence-electron chi connectivity index (χ0n) is 10.2. The number of rotatable bonds is 4. The van der Waals surface area contributed by atoms with Gasteiger partial charge < -0.3 is 9.88 Å². The van der Waals surface area contributed by atoms with E-state index in [9.17, 15) is 9.18 Å². The summed E-state index contributed by atoms with van der Waals surface area (Å²) < 4.78 is 15.1. The van der Waals surface area contributed by atoms with Crippen molar-refractivity contribution < 1.29 is 4.39 Å². The Kier molecular flexibility index (Phi) is 3.77. The number of nitrogens with one attached hydrogen (secondary N) is 1. The first kappa shape index (κ1) is 12.4. The zero-order chi connectivity index (χ0) is 13.0. The highest BCUT2D eigenvalue weighted by Gasteiger charge is 2.01. The molecule has 18 heavy (non-hydrogen) atoms. The summed E-state index contributed by atoms with van der Waals surface area (Å²) in [6.07, 6.45) is 1.72. The molecule has 0 bridgehead atoms. The van der Waals surface area contributed by atoms with Gasteiger partial charge in [0.15, 0.2) is 0 Å². The molecule has 0 saturated heterocycles. The number of benzene rings is 1. The van der Waals surface area contributed by atoms with E-state index >= 15 is 0 Å². The summed E-state index contributed by atoms with van der Waals surface area (Å²) >= 11 is 0. The molecule has 0 aliphatic heterocycles. The maximum absolute atomic E-state index is 13.5. The van der Waals surface area contributed by atoms with E-state index in [1.54, 1.807) is 29.0 Å². The molecular weight excluding hydrogens is 231 g/mol. The van der Waals surface area contributed by atoms with Crippen LogP contribution in [-0.2, 0) is 6.54 Å². The summed E-state index contributed by atoms with van der Waals surface area (Å²) in [5.74, 6) is -0.268. The normalized spacial score (nSPS) is 10.3. The third-order valence-electron chi connectivity index (χ3n) is 2.69. The van der Waals surface area contributed by atoms with Crippen LogP contribution in [0.4, 0.5) is 10.1 Å². The molecule has 2 aromatic rings. The number of anilines is 1. The van der Waals surface area contributed by atoms with Crippen molar-refractivity contribution in [2.75, 3.05) is 11.9 Å². The standard InChI is InChI=1S/C14H15FN2O/c1-11-5-6-13(12(15)10-11)16-7-9-17-8-3-2-4-14(17)18/h2-6,8,10,16H,7,9H2,1H3. The van der Waals surface area contributed by atoms with Gasteiger partial charge in [0, 0.05) is 25.4 Å². The van der Waals surface area contributed by atoms with Crippen LogP contribution < -0.4 is 10.9 Å². The molecule has 1 aromatic heterocycles. The summed E-state index contributed by atoms with van der Waals surface area (Å²) in [6, 6.07) is 10.0. The lowest BCUT2D eigenvalue weighted by Gasteiger charge is -2.09. The summed E-state index contributed by atoms with van der Waals surface area (Å²) in [4.78, 5) is 11.4. The number of hydrogen-bond acceptors (Lipinski definition) is 2. The van der Waals surface area contributed by atoms with E-state index in [1.165, 1.54) is 12.1 Å². The summed E-state index contributed by atoms with van der Waals surface area (Å²) in [7, 11) is 0. The van der Waals surface area contributed by atoms with Gasteiger partial charge in [0.1, 0.15) is 5.82 Å². The summed E-state index contributed by atoms with van der Waals surface area (Å²) in [6.45, 7) is 2.85. The Morgan fingerprint density at radius 1 is 1.28 bits per heavy atom. The minimum absolute atomic E-state index is 0.0521. The van der Waals surface area contributed by atoms with E-state index in [1.807, 2.05) is 13.0 Å². The van der Waals surface area contributed by atoms with Crippen LogP contribution in [0.5, 0.6) is 0 Å². The van der Waals surface area contributed by atoms with Crippen molar-refractivity contribution in [3.05, 3.63) is 64.3 Å². The fourth-order valence-electron chi connectivity index (χ4n) is 1.72. The fourth-order valence-corrected chi connectivity index (χ4v) is 1.72. The van der Waals surface area contributed by atoms with Gasteiger partial charge in [-0.2, -0.15) is 0 Å². The second-order valence-corrected chi connectivity index (χ2v) is 4.14. The van der Waals surface area contributed by atoms with Crippen LogP contribution in [0.1, 0.15) is 5.56 Å². The Morgan fingerprint density at radius 3 is 2.83 bits per heavy atom. The third kappa shape index (κ3) is 2.97. The Labute approximate surface area is 105 Å². The van der Waals surface area contributed by atoms with Crippen LogP contribution in [0.15, 0.2) is 47.4 Å². The third-order valence-corrected chi connectivity index (χ3v) is 2.69. The minimum atomic E-state index is -0.268. The van der Waals surface area contributed by atoms with Gasteiger partial charge in [-0.1, -0.05) is 12.1 Å². The van der Waals surface area contributed by atoms with Gasteiger partial charge in [-0.15, -0.1) is 0 Å². The highest BCUT2D eigenvalue weighted by atomic mass is 19.1. The van der Waals surface area contributed by atoms with Crippen molar-refractivity contribution in [1.29, 1.82) is 0 Å². The molecule has 0 unspecified atom stereocenters. The molecular formula is C14H15FN2O. The fraction of sp³-hybridized carbons (Fsp3) is 0.214. The van der Waals surface area contributed by atoms with Gasteiger partial charge in [0.25, 0.3) is 5.56 Å². The van der Waals surface area contributed by atoms with Crippen LogP contribution in [0, 0.1) is 12.7 Å². The molecule has 4 heteroatoms. The molecule has 3 nitrogen and oxygen atoms in total. The number of halogens is 1. The molecule has 0 atom stereocenters. The van der Waals surface area contributed by atoms with Crippen molar-refractivity contribution in [3.63, 3.8) is 0 Å². The van der Waals surface area contributed by atoms with E-state index in [0.717, 1.165) is 5.56 Å². The molecule has 0 amide bonds. The van der Waals surface area contributed by atoms with Gasteiger partial charge in [-0.05, 0) is 30.7 Å². The van der Waals surface area contributed by atoms with Gasteiger partial charge in [0.2, 0.25) is 0 Å². The molecule has 1 N–H and O–H groups in total. The minimum Gasteiger partial charge on any atom is -0.381 e. The second kappa shape index (κ2) is 5.49. The van der Waals surface area contributed by atoms with Crippen molar-refractivity contribution >= 4 is 5.69 Å². The number of nitrogens with zero attached hydrogens (tertiary/aromatic N) is 1. The number of aryl methyl sites for hydroxylation is 1. The first-order valence-corrected chi connectivity index (χ1v) is 5.82. The quantitative estimate of drug-likeness (QED) is 0.898. The average Bonchev–Trinajstić information content (AvgIpc) is 2.34. The summed E-state index contributed by atoms with van der Waals surface area (Å²) in [5, 5.41) is 2.98. The number of pyridine rings is 1. The van der Waals surface area contributed by atoms with E-state index in [-0.39, 0.29) is 11.4 Å². The van der Waals surface area contributed by atoms with Crippen molar-refractivity contribution in [3.8, 4) is 0 Å². The Morgan fingerprint density at radius 2 is 2.11 bits per heavy atom. The highest BCUT2D eigenvalue weighted by molar-refractivity contribution is 5.45. The molecule has 0 saturated carbocycles. The number of hydrogen-bond donors (Lipinski definition) is 1. The predicted octanol–water partition coefficient (Wildman–Crippen LogP) is 2.41. The van der Waals surface area contributed by atoms with Crippen LogP contribution >= 0.6 is 0 Å². The Balaban J connectivity index is 1.97. The Hall–Kier alpha value is -2.10. The van der Waals surface area contributed by atoms with Crippen LogP contribution in [-0.4, -0.2) is 11.1 Å². The molecule has 94 valence electrons. The monoisotopic (exact) mass is 246 g/mol. The molecule has 0 aliphatic carbocycles. The molecule has 1 aromatic carbocycles. The first-order valence-electron chi connectivity index (χ1n) is 5.82. The van der Waals surface area contributed by atoms with Crippen molar-refractivity contribution in [2.45, 2.75) is 13.5 Å². The van der Waals surface area contributed by atoms with Crippen molar-refractivity contribution in [2.24, 2.45) is 0 Å². The van der Waals surface area contributed by atoms with Gasteiger partial charge in [0.05, 0.1) is 5.69 Å². The lowest BCUT2D eigenvalue weighted by Crippen LogP contribution is -2.22. The SMILES string of the molecule is Cc1ccc(NCCn2ccccc2=O)c(F)c1. The zero-order valence-corrected chi connectivity index (χ0v) is 10.2. The van der Waals surface area contributed by atoms with E-state index in [2.05, 4.69) is 5.32 Å². The molecule has 1 heterocycles. The maximum Gasteiger partial charge on any atom is 0.250 e. The molecule has 2 rings (SSSR count). The predicted molar refractivity (Wildman–Crippen MR) is 70.3 cm³/mol. The Bertz CT molecular complexity index is 592.